The van der Waals surface area contributed by atoms with Crippen molar-refractivity contribution in [3.05, 3.63) is 77.2 Å². The Morgan fingerprint density at radius 3 is 2.61 bits per heavy atom. The van der Waals surface area contributed by atoms with Crippen LogP contribution in [-0.2, 0) is 18.4 Å². The number of thiocarbonyl (C=S) groups is 1. The Labute approximate surface area is 185 Å². The van der Waals surface area contributed by atoms with E-state index in [0.29, 0.717) is 34.6 Å². The van der Waals surface area contributed by atoms with Gasteiger partial charge in [-0.05, 0) is 48.5 Å². The summed E-state index contributed by atoms with van der Waals surface area (Å²) in [7, 11) is 3.39. The second kappa shape index (κ2) is 8.61. The lowest BCUT2D eigenvalue weighted by Gasteiger charge is -2.12. The lowest BCUT2D eigenvalue weighted by Crippen LogP contribution is -2.30. The molecular formula is C23H22N4O3S. The first kappa shape index (κ1) is 20.6. The van der Waals surface area contributed by atoms with Gasteiger partial charge in [-0.15, -0.1) is 0 Å². The molecular weight excluding hydrogens is 412 g/mol. The van der Waals surface area contributed by atoms with Gasteiger partial charge in [0.25, 0.3) is 5.91 Å². The summed E-state index contributed by atoms with van der Waals surface area (Å²) in [4.78, 5) is 14.4. The molecule has 1 aromatic heterocycles. The number of hydrogen-bond acceptors (Lipinski definition) is 5. The number of anilines is 1. The zero-order chi connectivity index (χ0) is 22.0. The van der Waals surface area contributed by atoms with Gasteiger partial charge < -0.3 is 14.8 Å². The third-order valence-corrected chi connectivity index (χ3v) is 5.13. The lowest BCUT2D eigenvalue weighted by atomic mass is 10.1. The van der Waals surface area contributed by atoms with E-state index >= 15 is 0 Å². The SMILES string of the molecule is COc1cc(/C=C2/NC(=S)N(c3cn(C)nc3C)C2=O)ccc1OCc1ccccc1. The van der Waals surface area contributed by atoms with E-state index in [9.17, 15) is 4.79 Å². The second-order valence-electron chi connectivity index (χ2n) is 7.09. The van der Waals surface area contributed by atoms with Gasteiger partial charge >= 0.3 is 0 Å². The number of aryl methyl sites for hydroxylation is 2. The van der Waals surface area contributed by atoms with Crippen LogP contribution in [0, 0.1) is 6.92 Å². The molecule has 1 aliphatic heterocycles. The molecule has 1 aliphatic rings. The van der Waals surface area contributed by atoms with Crippen molar-refractivity contribution in [2.24, 2.45) is 7.05 Å². The third-order valence-electron chi connectivity index (χ3n) is 4.84. The summed E-state index contributed by atoms with van der Waals surface area (Å²) in [5.41, 5.74) is 3.62. The lowest BCUT2D eigenvalue weighted by molar-refractivity contribution is -0.113. The van der Waals surface area contributed by atoms with Crippen LogP contribution in [0.1, 0.15) is 16.8 Å². The number of amides is 1. The van der Waals surface area contributed by atoms with E-state index in [4.69, 9.17) is 21.7 Å². The number of carbonyl (C=O) groups excluding carboxylic acids is 1. The molecule has 0 spiro atoms. The van der Waals surface area contributed by atoms with E-state index in [1.807, 2.05) is 55.5 Å². The molecule has 3 aromatic rings. The first-order valence-corrected chi connectivity index (χ1v) is 10.1. The molecule has 0 bridgehead atoms. The van der Waals surface area contributed by atoms with Crippen molar-refractivity contribution < 1.29 is 14.3 Å². The molecule has 2 aromatic carbocycles. The number of rotatable bonds is 6. The maximum atomic E-state index is 13.0. The average molecular weight is 435 g/mol. The number of benzene rings is 2. The van der Waals surface area contributed by atoms with Gasteiger partial charge in [0.2, 0.25) is 0 Å². The van der Waals surface area contributed by atoms with Crippen molar-refractivity contribution >= 4 is 35.0 Å². The summed E-state index contributed by atoms with van der Waals surface area (Å²) in [6.07, 6.45) is 3.51. The van der Waals surface area contributed by atoms with Crippen molar-refractivity contribution in [3.8, 4) is 11.5 Å². The highest BCUT2D eigenvalue weighted by molar-refractivity contribution is 7.80. The van der Waals surface area contributed by atoms with Gasteiger partial charge in [0.1, 0.15) is 12.3 Å². The van der Waals surface area contributed by atoms with Crippen LogP contribution in [-0.4, -0.2) is 27.9 Å². The minimum atomic E-state index is -0.232. The second-order valence-corrected chi connectivity index (χ2v) is 7.47. The minimum Gasteiger partial charge on any atom is -0.493 e. The van der Waals surface area contributed by atoms with Crippen LogP contribution in [0.4, 0.5) is 5.69 Å². The van der Waals surface area contributed by atoms with Gasteiger partial charge in [-0.1, -0.05) is 36.4 Å². The molecule has 1 saturated heterocycles. The van der Waals surface area contributed by atoms with Crippen LogP contribution >= 0.6 is 12.2 Å². The van der Waals surface area contributed by atoms with Crippen molar-refractivity contribution in [1.82, 2.24) is 15.1 Å². The molecule has 4 rings (SSSR count). The number of aromatic nitrogens is 2. The summed E-state index contributed by atoms with van der Waals surface area (Å²) in [5.74, 6) is 0.977. The average Bonchev–Trinajstić information content (AvgIpc) is 3.23. The van der Waals surface area contributed by atoms with E-state index in [-0.39, 0.29) is 5.91 Å². The monoisotopic (exact) mass is 434 g/mol. The number of nitrogens with one attached hydrogen (secondary N) is 1. The molecule has 0 saturated carbocycles. The van der Waals surface area contributed by atoms with Crippen molar-refractivity contribution in [2.45, 2.75) is 13.5 Å². The van der Waals surface area contributed by atoms with E-state index in [1.54, 1.807) is 31.1 Å². The summed E-state index contributed by atoms with van der Waals surface area (Å²) >= 11 is 5.38. The Bertz CT molecular complexity index is 1170. The molecule has 1 fully saturated rings. The number of nitrogens with zero attached hydrogens (tertiary/aromatic N) is 3. The zero-order valence-corrected chi connectivity index (χ0v) is 18.3. The predicted octanol–water partition coefficient (Wildman–Crippen LogP) is 3.58. The van der Waals surface area contributed by atoms with Crippen LogP contribution in [0.15, 0.2) is 60.4 Å². The minimum absolute atomic E-state index is 0.232. The van der Waals surface area contributed by atoms with Gasteiger partial charge in [0.05, 0.1) is 18.5 Å². The molecule has 0 atom stereocenters. The highest BCUT2D eigenvalue weighted by Crippen LogP contribution is 2.31. The fourth-order valence-electron chi connectivity index (χ4n) is 3.36. The maximum Gasteiger partial charge on any atom is 0.281 e. The smallest absolute Gasteiger partial charge is 0.281 e. The highest BCUT2D eigenvalue weighted by atomic mass is 32.1. The van der Waals surface area contributed by atoms with Crippen LogP contribution in [0.3, 0.4) is 0 Å². The Morgan fingerprint density at radius 2 is 1.94 bits per heavy atom. The van der Waals surface area contributed by atoms with Crippen molar-refractivity contribution in [2.75, 3.05) is 12.0 Å². The van der Waals surface area contributed by atoms with Gasteiger partial charge in [-0.2, -0.15) is 5.10 Å². The highest BCUT2D eigenvalue weighted by Gasteiger charge is 2.33. The normalized spacial score (nSPS) is 14.8. The summed E-state index contributed by atoms with van der Waals surface area (Å²) in [5, 5.41) is 7.61. The summed E-state index contributed by atoms with van der Waals surface area (Å²) in [6.45, 7) is 2.28. The molecule has 31 heavy (non-hydrogen) atoms. The summed E-state index contributed by atoms with van der Waals surface area (Å²) < 4.78 is 13.0. The van der Waals surface area contributed by atoms with Crippen LogP contribution in [0.5, 0.6) is 11.5 Å². The zero-order valence-electron chi connectivity index (χ0n) is 17.5. The molecule has 1 N–H and O–H groups in total. The molecule has 0 unspecified atom stereocenters. The van der Waals surface area contributed by atoms with Gasteiger partial charge in [-0.25, -0.2) is 4.90 Å². The van der Waals surface area contributed by atoms with E-state index < -0.39 is 0 Å². The van der Waals surface area contributed by atoms with E-state index in [0.717, 1.165) is 16.8 Å². The Kier molecular flexibility index (Phi) is 5.73. The number of carbonyl (C=O) groups is 1. The first-order chi connectivity index (χ1) is 15.0. The Balaban J connectivity index is 1.55. The fraction of sp³-hybridized carbons (Fsp3) is 0.174. The molecule has 8 heteroatoms. The number of hydrogen-bond donors (Lipinski definition) is 1. The number of ether oxygens (including phenoxy) is 2. The molecule has 2 heterocycles. The maximum absolute atomic E-state index is 13.0. The molecule has 158 valence electrons. The Morgan fingerprint density at radius 1 is 1.16 bits per heavy atom. The molecule has 7 nitrogen and oxygen atoms in total. The fourth-order valence-corrected chi connectivity index (χ4v) is 3.65. The van der Waals surface area contributed by atoms with Crippen LogP contribution < -0.4 is 19.7 Å². The van der Waals surface area contributed by atoms with Crippen molar-refractivity contribution in [1.29, 1.82) is 0 Å². The molecule has 0 radical (unpaired) electrons. The van der Waals surface area contributed by atoms with E-state index in [1.165, 1.54) is 4.90 Å². The topological polar surface area (TPSA) is 68.6 Å². The largest absolute Gasteiger partial charge is 0.493 e. The predicted molar refractivity (Wildman–Crippen MR) is 123 cm³/mol. The Hall–Kier alpha value is -3.65. The molecule has 1 amide bonds. The quantitative estimate of drug-likeness (QED) is 0.473. The van der Waals surface area contributed by atoms with Gasteiger partial charge in [0, 0.05) is 13.2 Å². The first-order valence-electron chi connectivity index (χ1n) is 9.68. The van der Waals surface area contributed by atoms with Crippen LogP contribution in [0.25, 0.3) is 6.08 Å². The third kappa shape index (κ3) is 4.29. The standard InChI is InChI=1S/C23H22N4O3S/c1-15-19(13-26(2)25-15)27-22(28)18(24-23(27)31)11-17-9-10-20(21(12-17)29-3)30-14-16-7-5-4-6-8-16/h4-13H,14H2,1-3H3,(H,24,31)/b18-11+. The molecule has 0 aliphatic carbocycles. The van der Waals surface area contributed by atoms with Gasteiger partial charge in [-0.3, -0.25) is 9.48 Å². The van der Waals surface area contributed by atoms with Crippen LogP contribution in [0.2, 0.25) is 0 Å². The van der Waals surface area contributed by atoms with E-state index in [2.05, 4.69) is 10.4 Å². The number of methoxy groups -OCH3 is 1. The summed E-state index contributed by atoms with van der Waals surface area (Å²) in [6, 6.07) is 15.4. The van der Waals surface area contributed by atoms with Gasteiger partial charge in [0.15, 0.2) is 16.6 Å². The van der Waals surface area contributed by atoms with Crippen molar-refractivity contribution in [3.63, 3.8) is 0 Å².